The van der Waals surface area contributed by atoms with E-state index in [9.17, 15) is 0 Å². The second-order valence-electron chi connectivity index (χ2n) is 6.43. The first-order valence-corrected chi connectivity index (χ1v) is 8.40. The van der Waals surface area contributed by atoms with Crippen molar-refractivity contribution in [3.05, 3.63) is 65.0 Å². The molecule has 0 saturated carbocycles. The lowest BCUT2D eigenvalue weighted by atomic mass is 10.1. The van der Waals surface area contributed by atoms with Crippen LogP contribution in [0.1, 0.15) is 42.3 Å². The molecule has 0 amide bonds. The standard InChI is InChI=1S/C19H23N5O/c1-13(2)19-21-22-23-24(19)18-9-8-17(10-14(18)3)20-11-15-4-6-16(12-25)7-5-15/h4-10,13,20,25H,11-12H2,1-3H3. The van der Waals surface area contributed by atoms with Crippen molar-refractivity contribution in [2.24, 2.45) is 0 Å². The number of anilines is 1. The first-order valence-electron chi connectivity index (χ1n) is 8.40. The summed E-state index contributed by atoms with van der Waals surface area (Å²) in [6, 6.07) is 14.1. The first-order chi connectivity index (χ1) is 12.1. The van der Waals surface area contributed by atoms with Crippen LogP contribution in [0.15, 0.2) is 42.5 Å². The van der Waals surface area contributed by atoms with Crippen LogP contribution >= 0.6 is 0 Å². The molecule has 1 aromatic heterocycles. The molecule has 2 aromatic carbocycles. The van der Waals surface area contributed by atoms with Gasteiger partial charge in [0.25, 0.3) is 0 Å². The predicted molar refractivity (Wildman–Crippen MR) is 97.7 cm³/mol. The van der Waals surface area contributed by atoms with Crippen LogP contribution in [0.3, 0.4) is 0 Å². The van der Waals surface area contributed by atoms with Crippen molar-refractivity contribution in [2.75, 3.05) is 5.32 Å². The zero-order valence-corrected chi connectivity index (χ0v) is 14.8. The van der Waals surface area contributed by atoms with E-state index in [1.807, 2.05) is 36.4 Å². The molecule has 0 atom stereocenters. The highest BCUT2D eigenvalue weighted by atomic mass is 16.3. The van der Waals surface area contributed by atoms with Gasteiger partial charge in [0.15, 0.2) is 5.82 Å². The fraction of sp³-hybridized carbons (Fsp3) is 0.316. The summed E-state index contributed by atoms with van der Waals surface area (Å²) in [6.07, 6.45) is 0. The SMILES string of the molecule is Cc1cc(NCc2ccc(CO)cc2)ccc1-n1nnnc1C(C)C. The number of benzene rings is 2. The average Bonchev–Trinajstić information content (AvgIpc) is 3.10. The van der Waals surface area contributed by atoms with Gasteiger partial charge >= 0.3 is 0 Å². The van der Waals surface area contributed by atoms with Crippen molar-refractivity contribution >= 4 is 5.69 Å². The van der Waals surface area contributed by atoms with Crippen LogP contribution in [0.25, 0.3) is 5.69 Å². The first kappa shape index (κ1) is 17.1. The van der Waals surface area contributed by atoms with Gasteiger partial charge in [0, 0.05) is 18.2 Å². The van der Waals surface area contributed by atoms with Gasteiger partial charge in [-0.25, -0.2) is 0 Å². The van der Waals surface area contributed by atoms with Crippen molar-refractivity contribution < 1.29 is 5.11 Å². The van der Waals surface area contributed by atoms with E-state index in [-0.39, 0.29) is 12.5 Å². The Morgan fingerprint density at radius 1 is 1.08 bits per heavy atom. The maximum atomic E-state index is 9.09. The molecule has 0 spiro atoms. The highest BCUT2D eigenvalue weighted by Gasteiger charge is 2.13. The second-order valence-corrected chi connectivity index (χ2v) is 6.43. The molecule has 0 saturated heterocycles. The van der Waals surface area contributed by atoms with Gasteiger partial charge in [0.05, 0.1) is 12.3 Å². The molecule has 2 N–H and O–H groups in total. The molecule has 3 aromatic rings. The van der Waals surface area contributed by atoms with E-state index in [1.54, 1.807) is 4.68 Å². The quantitative estimate of drug-likeness (QED) is 0.722. The number of nitrogens with zero attached hydrogens (tertiary/aromatic N) is 4. The molecular weight excluding hydrogens is 314 g/mol. The third-order valence-corrected chi connectivity index (χ3v) is 4.14. The van der Waals surface area contributed by atoms with Crippen molar-refractivity contribution in [2.45, 2.75) is 39.8 Å². The van der Waals surface area contributed by atoms with Crippen LogP contribution in [-0.2, 0) is 13.2 Å². The van der Waals surface area contributed by atoms with Gasteiger partial charge in [0.1, 0.15) is 0 Å². The van der Waals surface area contributed by atoms with E-state index in [1.165, 1.54) is 5.56 Å². The number of aryl methyl sites for hydroxylation is 1. The van der Waals surface area contributed by atoms with Gasteiger partial charge in [-0.2, -0.15) is 4.68 Å². The third kappa shape index (κ3) is 3.85. The maximum Gasteiger partial charge on any atom is 0.159 e. The Bertz CT molecular complexity index is 839. The Hall–Kier alpha value is -2.73. The fourth-order valence-electron chi connectivity index (χ4n) is 2.70. The summed E-state index contributed by atoms with van der Waals surface area (Å²) in [5.41, 5.74) is 5.24. The lowest BCUT2D eigenvalue weighted by Crippen LogP contribution is -2.07. The minimum atomic E-state index is 0.0733. The smallest absolute Gasteiger partial charge is 0.159 e. The van der Waals surface area contributed by atoms with Crippen LogP contribution in [0.2, 0.25) is 0 Å². The van der Waals surface area contributed by atoms with Crippen molar-refractivity contribution in [3.63, 3.8) is 0 Å². The zero-order chi connectivity index (χ0) is 17.8. The summed E-state index contributed by atoms with van der Waals surface area (Å²) in [4.78, 5) is 0. The van der Waals surface area contributed by atoms with Crippen molar-refractivity contribution in [3.8, 4) is 5.69 Å². The molecule has 1 heterocycles. The van der Waals surface area contributed by atoms with Gasteiger partial charge in [-0.15, -0.1) is 5.10 Å². The van der Waals surface area contributed by atoms with Crippen LogP contribution < -0.4 is 5.32 Å². The number of nitrogens with one attached hydrogen (secondary N) is 1. The van der Waals surface area contributed by atoms with Crippen LogP contribution in [0.4, 0.5) is 5.69 Å². The molecule has 3 rings (SSSR count). The van der Waals surface area contributed by atoms with Crippen molar-refractivity contribution in [1.29, 1.82) is 0 Å². The molecule has 6 nitrogen and oxygen atoms in total. The number of aliphatic hydroxyl groups excluding tert-OH is 1. The predicted octanol–water partition coefficient (Wildman–Crippen LogP) is 3.20. The summed E-state index contributed by atoms with van der Waals surface area (Å²) in [5.74, 6) is 1.11. The Morgan fingerprint density at radius 2 is 1.80 bits per heavy atom. The molecule has 25 heavy (non-hydrogen) atoms. The molecule has 0 fully saturated rings. The van der Waals surface area contributed by atoms with Crippen LogP contribution in [0, 0.1) is 6.92 Å². The molecule has 130 valence electrons. The number of aliphatic hydroxyl groups is 1. The maximum absolute atomic E-state index is 9.09. The van der Waals surface area contributed by atoms with E-state index >= 15 is 0 Å². The third-order valence-electron chi connectivity index (χ3n) is 4.14. The van der Waals surface area contributed by atoms with Gasteiger partial charge < -0.3 is 10.4 Å². The lowest BCUT2D eigenvalue weighted by Gasteiger charge is -2.12. The minimum absolute atomic E-state index is 0.0733. The number of tetrazole rings is 1. The lowest BCUT2D eigenvalue weighted by molar-refractivity contribution is 0.282. The normalized spacial score (nSPS) is 11.1. The summed E-state index contributed by atoms with van der Waals surface area (Å²) >= 11 is 0. The van der Waals surface area contributed by atoms with E-state index in [4.69, 9.17) is 5.11 Å². The fourth-order valence-corrected chi connectivity index (χ4v) is 2.70. The largest absolute Gasteiger partial charge is 0.392 e. The summed E-state index contributed by atoms with van der Waals surface area (Å²) in [5, 5.41) is 24.6. The molecular formula is C19H23N5O. The molecule has 0 aliphatic rings. The Kier molecular flexibility index (Phi) is 5.09. The van der Waals surface area contributed by atoms with E-state index in [0.29, 0.717) is 0 Å². The molecule has 0 unspecified atom stereocenters. The monoisotopic (exact) mass is 337 g/mol. The second kappa shape index (κ2) is 7.44. The highest BCUT2D eigenvalue weighted by Crippen LogP contribution is 2.22. The average molecular weight is 337 g/mol. The molecule has 0 aliphatic carbocycles. The molecule has 0 bridgehead atoms. The Morgan fingerprint density at radius 3 is 2.44 bits per heavy atom. The Balaban J connectivity index is 1.74. The molecule has 6 heteroatoms. The topological polar surface area (TPSA) is 75.9 Å². The van der Waals surface area contributed by atoms with E-state index < -0.39 is 0 Å². The number of hydrogen-bond acceptors (Lipinski definition) is 5. The van der Waals surface area contributed by atoms with Crippen molar-refractivity contribution in [1.82, 2.24) is 20.2 Å². The van der Waals surface area contributed by atoms with Crippen LogP contribution in [-0.4, -0.2) is 25.3 Å². The summed E-state index contributed by atoms with van der Waals surface area (Å²) in [7, 11) is 0. The molecule has 0 radical (unpaired) electrons. The Labute approximate surface area is 147 Å². The summed E-state index contributed by atoms with van der Waals surface area (Å²) < 4.78 is 1.80. The van der Waals surface area contributed by atoms with Gasteiger partial charge in [0.2, 0.25) is 0 Å². The van der Waals surface area contributed by atoms with E-state index in [2.05, 4.69) is 47.7 Å². The minimum Gasteiger partial charge on any atom is -0.392 e. The number of rotatable bonds is 6. The zero-order valence-electron chi connectivity index (χ0n) is 14.8. The molecule has 0 aliphatic heterocycles. The summed E-state index contributed by atoms with van der Waals surface area (Å²) in [6.45, 7) is 7.02. The number of aromatic nitrogens is 4. The highest BCUT2D eigenvalue weighted by molar-refractivity contribution is 5.53. The van der Waals surface area contributed by atoms with Crippen LogP contribution in [0.5, 0.6) is 0 Å². The van der Waals surface area contributed by atoms with Gasteiger partial charge in [-0.3, -0.25) is 0 Å². The van der Waals surface area contributed by atoms with Gasteiger partial charge in [-0.1, -0.05) is 38.1 Å². The van der Waals surface area contributed by atoms with Gasteiger partial charge in [-0.05, 0) is 52.2 Å². The van der Waals surface area contributed by atoms with E-state index in [0.717, 1.165) is 34.9 Å². The number of hydrogen-bond donors (Lipinski definition) is 2.